The molecule has 0 aliphatic carbocycles. The van der Waals surface area contributed by atoms with Crippen molar-refractivity contribution in [3.8, 4) is 0 Å². The van der Waals surface area contributed by atoms with Gasteiger partial charge in [0, 0.05) is 32.2 Å². The first kappa shape index (κ1) is 17.2. The van der Waals surface area contributed by atoms with Gasteiger partial charge < -0.3 is 9.80 Å². The minimum absolute atomic E-state index is 0.0279. The van der Waals surface area contributed by atoms with Gasteiger partial charge in [0.05, 0.1) is 5.92 Å². The van der Waals surface area contributed by atoms with Crippen molar-refractivity contribution >= 4 is 17.5 Å². The molecule has 1 aliphatic rings. The number of hydrogen-bond acceptors (Lipinski definition) is 2. The molecule has 4 heteroatoms. The monoisotopic (exact) mass is 336 g/mol. The second kappa shape index (κ2) is 7.09. The quantitative estimate of drug-likeness (QED) is 0.859. The Balaban J connectivity index is 1.71. The summed E-state index contributed by atoms with van der Waals surface area (Å²) in [7, 11) is 1.81. The fourth-order valence-corrected chi connectivity index (χ4v) is 3.36. The van der Waals surface area contributed by atoms with Gasteiger partial charge in [0.2, 0.25) is 11.8 Å². The SMILES string of the molecule is Cc1ccc(C)c(N2CC(C(=O)N(C)Cc3ccccc3)CC2=O)c1. The maximum atomic E-state index is 12.8. The van der Waals surface area contributed by atoms with E-state index in [1.165, 1.54) is 0 Å². The Morgan fingerprint density at radius 3 is 2.60 bits per heavy atom. The Kier molecular flexibility index (Phi) is 4.88. The van der Waals surface area contributed by atoms with E-state index in [4.69, 9.17) is 0 Å². The first-order valence-electron chi connectivity index (χ1n) is 8.62. The van der Waals surface area contributed by atoms with Crippen LogP contribution in [0.5, 0.6) is 0 Å². The van der Waals surface area contributed by atoms with Gasteiger partial charge in [0.1, 0.15) is 0 Å². The number of aryl methyl sites for hydroxylation is 2. The Morgan fingerprint density at radius 2 is 1.88 bits per heavy atom. The van der Waals surface area contributed by atoms with Crippen molar-refractivity contribution in [3.05, 3.63) is 65.2 Å². The summed E-state index contributed by atoms with van der Waals surface area (Å²) in [5.41, 5.74) is 4.19. The van der Waals surface area contributed by atoms with Crippen molar-refractivity contribution in [2.24, 2.45) is 5.92 Å². The van der Waals surface area contributed by atoms with Gasteiger partial charge in [-0.15, -0.1) is 0 Å². The lowest BCUT2D eigenvalue weighted by atomic mass is 10.1. The van der Waals surface area contributed by atoms with Crippen LogP contribution in [-0.2, 0) is 16.1 Å². The van der Waals surface area contributed by atoms with Crippen LogP contribution in [0.15, 0.2) is 48.5 Å². The molecule has 2 amide bonds. The maximum absolute atomic E-state index is 12.8. The molecule has 1 aliphatic heterocycles. The van der Waals surface area contributed by atoms with E-state index in [1.807, 2.05) is 62.4 Å². The van der Waals surface area contributed by atoms with Crippen LogP contribution < -0.4 is 4.90 Å². The van der Waals surface area contributed by atoms with Crippen LogP contribution >= 0.6 is 0 Å². The molecule has 2 aromatic carbocycles. The van der Waals surface area contributed by atoms with E-state index in [0.29, 0.717) is 13.1 Å². The first-order valence-corrected chi connectivity index (χ1v) is 8.62. The second-order valence-electron chi connectivity index (χ2n) is 6.88. The highest BCUT2D eigenvalue weighted by molar-refractivity contribution is 6.00. The predicted molar refractivity (Wildman–Crippen MR) is 99.3 cm³/mol. The summed E-state index contributed by atoms with van der Waals surface area (Å²) in [6, 6.07) is 16.0. The van der Waals surface area contributed by atoms with Crippen molar-refractivity contribution < 1.29 is 9.59 Å². The highest BCUT2D eigenvalue weighted by atomic mass is 16.2. The average molecular weight is 336 g/mol. The Morgan fingerprint density at radius 1 is 1.16 bits per heavy atom. The topological polar surface area (TPSA) is 40.6 Å². The lowest BCUT2D eigenvalue weighted by Crippen LogP contribution is -2.34. The molecule has 25 heavy (non-hydrogen) atoms. The fourth-order valence-electron chi connectivity index (χ4n) is 3.36. The van der Waals surface area contributed by atoms with E-state index in [-0.39, 0.29) is 24.2 Å². The van der Waals surface area contributed by atoms with Crippen molar-refractivity contribution in [3.63, 3.8) is 0 Å². The van der Waals surface area contributed by atoms with E-state index < -0.39 is 0 Å². The molecule has 1 atom stereocenters. The molecule has 130 valence electrons. The number of rotatable bonds is 4. The summed E-state index contributed by atoms with van der Waals surface area (Å²) in [5.74, 6) is -0.216. The number of benzene rings is 2. The van der Waals surface area contributed by atoms with E-state index >= 15 is 0 Å². The zero-order valence-corrected chi connectivity index (χ0v) is 15.0. The van der Waals surface area contributed by atoms with Crippen LogP contribution in [-0.4, -0.2) is 30.3 Å². The molecule has 3 rings (SSSR count). The Labute approximate surface area is 149 Å². The number of carbonyl (C=O) groups excluding carboxylic acids is 2. The highest BCUT2D eigenvalue weighted by Gasteiger charge is 2.36. The third kappa shape index (κ3) is 3.73. The Hall–Kier alpha value is -2.62. The lowest BCUT2D eigenvalue weighted by Gasteiger charge is -2.22. The molecule has 1 saturated heterocycles. The number of anilines is 1. The number of amides is 2. The van der Waals surface area contributed by atoms with E-state index in [2.05, 4.69) is 0 Å². The molecular weight excluding hydrogens is 312 g/mol. The van der Waals surface area contributed by atoms with Gasteiger partial charge in [-0.2, -0.15) is 0 Å². The van der Waals surface area contributed by atoms with Crippen molar-refractivity contribution in [1.82, 2.24) is 4.90 Å². The van der Waals surface area contributed by atoms with E-state index in [0.717, 1.165) is 22.4 Å². The number of nitrogens with zero attached hydrogens (tertiary/aromatic N) is 2. The number of hydrogen-bond donors (Lipinski definition) is 0. The summed E-state index contributed by atoms with van der Waals surface area (Å²) >= 11 is 0. The maximum Gasteiger partial charge on any atom is 0.228 e. The lowest BCUT2D eigenvalue weighted by molar-refractivity contribution is -0.135. The fraction of sp³-hybridized carbons (Fsp3) is 0.333. The van der Waals surface area contributed by atoms with Gasteiger partial charge in [-0.3, -0.25) is 9.59 Å². The molecule has 0 spiro atoms. The molecule has 1 unspecified atom stereocenters. The molecular formula is C21H24N2O2. The van der Waals surface area contributed by atoms with E-state index in [1.54, 1.807) is 16.8 Å². The van der Waals surface area contributed by atoms with Gasteiger partial charge in [-0.1, -0.05) is 42.5 Å². The average Bonchev–Trinajstić information content (AvgIpc) is 2.98. The highest BCUT2D eigenvalue weighted by Crippen LogP contribution is 2.29. The van der Waals surface area contributed by atoms with Gasteiger partial charge in [-0.25, -0.2) is 0 Å². The minimum Gasteiger partial charge on any atom is -0.341 e. The van der Waals surface area contributed by atoms with Gasteiger partial charge in [-0.05, 0) is 36.6 Å². The molecule has 0 aromatic heterocycles. The standard InChI is InChI=1S/C21H24N2O2/c1-15-9-10-16(2)19(11-15)23-14-18(12-20(23)24)21(25)22(3)13-17-7-5-4-6-8-17/h4-11,18H,12-14H2,1-3H3. The van der Waals surface area contributed by atoms with E-state index in [9.17, 15) is 9.59 Å². The number of carbonyl (C=O) groups is 2. The van der Waals surface area contributed by atoms with Crippen molar-refractivity contribution in [2.45, 2.75) is 26.8 Å². The van der Waals surface area contributed by atoms with Gasteiger partial charge in [0.15, 0.2) is 0 Å². The van der Waals surface area contributed by atoms with Crippen molar-refractivity contribution in [2.75, 3.05) is 18.5 Å². The summed E-state index contributed by atoms with van der Waals surface area (Å²) in [4.78, 5) is 28.7. The smallest absolute Gasteiger partial charge is 0.228 e. The van der Waals surface area contributed by atoms with Crippen LogP contribution in [0.1, 0.15) is 23.1 Å². The van der Waals surface area contributed by atoms with Crippen LogP contribution in [0, 0.1) is 19.8 Å². The van der Waals surface area contributed by atoms with Crippen molar-refractivity contribution in [1.29, 1.82) is 0 Å². The summed E-state index contributed by atoms with van der Waals surface area (Å²) in [6.07, 6.45) is 0.283. The molecule has 2 aromatic rings. The van der Waals surface area contributed by atoms with Crippen LogP contribution in [0.25, 0.3) is 0 Å². The zero-order chi connectivity index (χ0) is 18.0. The molecule has 1 fully saturated rings. The molecule has 0 bridgehead atoms. The third-order valence-electron chi connectivity index (χ3n) is 4.77. The summed E-state index contributed by atoms with van der Waals surface area (Å²) in [5, 5.41) is 0. The van der Waals surface area contributed by atoms with Gasteiger partial charge >= 0.3 is 0 Å². The predicted octanol–water partition coefficient (Wildman–Crippen LogP) is 3.31. The summed E-state index contributed by atoms with van der Waals surface area (Å²) < 4.78 is 0. The normalized spacial score (nSPS) is 17.0. The minimum atomic E-state index is -0.277. The van der Waals surface area contributed by atoms with Crippen LogP contribution in [0.4, 0.5) is 5.69 Å². The zero-order valence-electron chi connectivity index (χ0n) is 15.0. The largest absolute Gasteiger partial charge is 0.341 e. The molecule has 4 nitrogen and oxygen atoms in total. The first-order chi connectivity index (χ1) is 12.0. The Bertz CT molecular complexity index is 786. The second-order valence-corrected chi connectivity index (χ2v) is 6.88. The van der Waals surface area contributed by atoms with Crippen LogP contribution in [0.3, 0.4) is 0 Å². The molecule has 0 N–H and O–H groups in total. The molecule has 0 saturated carbocycles. The molecule has 1 heterocycles. The molecule has 0 radical (unpaired) electrons. The summed E-state index contributed by atoms with van der Waals surface area (Å²) in [6.45, 7) is 5.04. The third-order valence-corrected chi connectivity index (χ3v) is 4.77. The van der Waals surface area contributed by atoms with Crippen LogP contribution in [0.2, 0.25) is 0 Å². The van der Waals surface area contributed by atoms with Gasteiger partial charge in [0.25, 0.3) is 0 Å².